The monoisotopic (exact) mass is 252 g/mol. The van der Waals surface area contributed by atoms with Gasteiger partial charge in [-0.05, 0) is 19.3 Å². The highest BCUT2D eigenvalue weighted by molar-refractivity contribution is 6.01. The number of hydrogen-bond acceptors (Lipinski definition) is 3. The first kappa shape index (κ1) is 12.9. The summed E-state index contributed by atoms with van der Waals surface area (Å²) in [5.74, 6) is -0.263. The highest BCUT2D eigenvalue weighted by atomic mass is 16.2. The number of nitrogens with one attached hydrogen (secondary N) is 2. The number of amides is 2. The van der Waals surface area contributed by atoms with E-state index in [0.29, 0.717) is 24.8 Å². The number of piperidine rings is 1. The third-order valence-electron chi connectivity index (χ3n) is 3.46. The van der Waals surface area contributed by atoms with Gasteiger partial charge < -0.3 is 11.1 Å². The molecule has 0 radical (unpaired) electrons. The van der Waals surface area contributed by atoms with Gasteiger partial charge in [0.2, 0.25) is 5.91 Å². The van der Waals surface area contributed by atoms with Gasteiger partial charge in [-0.3, -0.25) is 14.9 Å². The Labute approximate surface area is 106 Å². The average molecular weight is 252 g/mol. The number of rotatable bonds is 2. The van der Waals surface area contributed by atoms with E-state index in [1.807, 2.05) is 0 Å². The van der Waals surface area contributed by atoms with Crippen LogP contribution in [0.3, 0.4) is 0 Å². The van der Waals surface area contributed by atoms with E-state index < -0.39 is 6.04 Å². The van der Waals surface area contributed by atoms with Crippen LogP contribution in [0.1, 0.15) is 44.9 Å². The van der Waals surface area contributed by atoms with Crippen molar-refractivity contribution >= 4 is 17.8 Å². The van der Waals surface area contributed by atoms with E-state index in [2.05, 4.69) is 15.6 Å². The van der Waals surface area contributed by atoms with Crippen molar-refractivity contribution in [2.24, 2.45) is 10.7 Å². The molecule has 1 heterocycles. The van der Waals surface area contributed by atoms with Gasteiger partial charge >= 0.3 is 0 Å². The third kappa shape index (κ3) is 3.45. The van der Waals surface area contributed by atoms with Crippen LogP contribution in [-0.4, -0.2) is 29.9 Å². The maximum Gasteiger partial charge on any atom is 0.251 e. The summed E-state index contributed by atoms with van der Waals surface area (Å²) >= 11 is 0. The largest absolute Gasteiger partial charge is 0.370 e. The number of nitrogens with zero attached hydrogens (tertiary/aromatic N) is 1. The van der Waals surface area contributed by atoms with Crippen molar-refractivity contribution in [1.82, 2.24) is 10.6 Å². The molecule has 0 spiro atoms. The van der Waals surface area contributed by atoms with Crippen LogP contribution in [-0.2, 0) is 9.59 Å². The number of nitrogens with two attached hydrogens (primary N) is 1. The second-order valence-electron chi connectivity index (χ2n) is 4.96. The molecule has 1 saturated carbocycles. The number of hydrogen-bond donors (Lipinski definition) is 3. The highest BCUT2D eigenvalue weighted by Gasteiger charge is 2.26. The van der Waals surface area contributed by atoms with Gasteiger partial charge in [-0.15, -0.1) is 0 Å². The Kier molecular flexibility index (Phi) is 4.17. The average Bonchev–Trinajstić information content (AvgIpc) is 2.34. The first-order valence-electron chi connectivity index (χ1n) is 6.58. The third-order valence-corrected chi connectivity index (χ3v) is 3.46. The van der Waals surface area contributed by atoms with Crippen LogP contribution in [0.25, 0.3) is 0 Å². The Morgan fingerprint density at radius 2 is 1.94 bits per heavy atom. The Bertz CT molecular complexity index is 361. The van der Waals surface area contributed by atoms with E-state index in [1.165, 1.54) is 19.3 Å². The van der Waals surface area contributed by atoms with E-state index in [1.54, 1.807) is 0 Å². The molecule has 2 fully saturated rings. The zero-order valence-corrected chi connectivity index (χ0v) is 10.4. The van der Waals surface area contributed by atoms with Crippen molar-refractivity contribution in [3.05, 3.63) is 0 Å². The molecule has 1 atom stereocenters. The van der Waals surface area contributed by atoms with E-state index >= 15 is 0 Å². The molecule has 0 bridgehead atoms. The van der Waals surface area contributed by atoms with Crippen molar-refractivity contribution in [3.63, 3.8) is 0 Å². The van der Waals surface area contributed by atoms with Crippen LogP contribution in [0.2, 0.25) is 0 Å². The van der Waals surface area contributed by atoms with Gasteiger partial charge in [0.15, 0.2) is 5.96 Å². The molecule has 0 aromatic carbocycles. The molecule has 2 rings (SSSR count). The predicted molar refractivity (Wildman–Crippen MR) is 67.8 cm³/mol. The van der Waals surface area contributed by atoms with Crippen molar-refractivity contribution in [2.45, 2.75) is 57.0 Å². The fourth-order valence-corrected chi connectivity index (χ4v) is 2.47. The molecule has 1 saturated heterocycles. The van der Waals surface area contributed by atoms with Crippen LogP contribution in [0, 0.1) is 0 Å². The van der Waals surface area contributed by atoms with Gasteiger partial charge in [0, 0.05) is 12.5 Å². The maximum atomic E-state index is 11.5. The molecule has 1 aliphatic carbocycles. The van der Waals surface area contributed by atoms with Crippen LogP contribution in [0.15, 0.2) is 4.99 Å². The molecule has 2 aliphatic rings. The summed E-state index contributed by atoms with van der Waals surface area (Å²) in [4.78, 5) is 26.7. The van der Waals surface area contributed by atoms with Gasteiger partial charge in [0.05, 0.1) is 0 Å². The summed E-state index contributed by atoms with van der Waals surface area (Å²) in [6, 6.07) is -0.158. The SMILES string of the molecule is NC(=NC1CCC(=O)NC1=O)NC1CCCCC1. The smallest absolute Gasteiger partial charge is 0.251 e. The molecule has 1 unspecified atom stereocenters. The molecule has 18 heavy (non-hydrogen) atoms. The van der Waals surface area contributed by atoms with Gasteiger partial charge in [-0.1, -0.05) is 19.3 Å². The molecular weight excluding hydrogens is 232 g/mol. The Morgan fingerprint density at radius 1 is 1.22 bits per heavy atom. The van der Waals surface area contributed by atoms with Crippen molar-refractivity contribution in [3.8, 4) is 0 Å². The first-order chi connectivity index (χ1) is 8.65. The molecule has 4 N–H and O–H groups in total. The second-order valence-corrected chi connectivity index (χ2v) is 4.96. The molecule has 0 aromatic heterocycles. The van der Waals surface area contributed by atoms with Gasteiger partial charge in [-0.25, -0.2) is 4.99 Å². The standard InChI is InChI=1S/C12H20N4O2/c13-12(14-8-4-2-1-3-5-8)15-9-6-7-10(17)16-11(9)18/h8-9H,1-7H2,(H3,13,14,15)(H,16,17,18). The number of aliphatic imine (C=N–C) groups is 1. The summed E-state index contributed by atoms with van der Waals surface area (Å²) in [7, 11) is 0. The summed E-state index contributed by atoms with van der Waals surface area (Å²) < 4.78 is 0. The fourth-order valence-electron chi connectivity index (χ4n) is 2.47. The number of imide groups is 1. The van der Waals surface area contributed by atoms with Crippen LogP contribution in [0.4, 0.5) is 0 Å². The molecule has 6 heteroatoms. The molecule has 2 amide bonds. The summed E-state index contributed by atoms with van der Waals surface area (Å²) in [5.41, 5.74) is 5.81. The van der Waals surface area contributed by atoms with E-state index in [-0.39, 0.29) is 11.8 Å². The Morgan fingerprint density at radius 3 is 2.61 bits per heavy atom. The lowest BCUT2D eigenvalue weighted by Gasteiger charge is -2.24. The molecular formula is C12H20N4O2. The quantitative estimate of drug-likeness (QED) is 0.367. The minimum Gasteiger partial charge on any atom is -0.370 e. The summed E-state index contributed by atoms with van der Waals surface area (Å²) in [6.07, 6.45) is 6.68. The lowest BCUT2D eigenvalue weighted by atomic mass is 9.96. The number of guanidine groups is 1. The first-order valence-corrected chi connectivity index (χ1v) is 6.58. The summed E-state index contributed by atoms with van der Waals surface area (Å²) in [6.45, 7) is 0. The van der Waals surface area contributed by atoms with E-state index in [4.69, 9.17) is 5.73 Å². The molecule has 1 aliphatic heterocycles. The summed E-state index contributed by atoms with van der Waals surface area (Å²) in [5, 5.41) is 5.43. The van der Waals surface area contributed by atoms with Crippen molar-refractivity contribution in [1.29, 1.82) is 0 Å². The topological polar surface area (TPSA) is 96.6 Å². The second kappa shape index (κ2) is 5.84. The van der Waals surface area contributed by atoms with Gasteiger partial charge in [0.1, 0.15) is 6.04 Å². The molecule has 0 aromatic rings. The maximum absolute atomic E-state index is 11.5. The van der Waals surface area contributed by atoms with Gasteiger partial charge in [-0.2, -0.15) is 0 Å². The Balaban J connectivity index is 1.87. The van der Waals surface area contributed by atoms with Crippen molar-refractivity contribution < 1.29 is 9.59 Å². The van der Waals surface area contributed by atoms with Crippen molar-refractivity contribution in [2.75, 3.05) is 0 Å². The lowest BCUT2D eigenvalue weighted by Crippen LogP contribution is -2.46. The Hall–Kier alpha value is -1.59. The number of carbonyl (C=O) groups excluding carboxylic acids is 2. The zero-order valence-electron chi connectivity index (χ0n) is 10.4. The van der Waals surface area contributed by atoms with Crippen LogP contribution in [0.5, 0.6) is 0 Å². The van der Waals surface area contributed by atoms with E-state index in [9.17, 15) is 9.59 Å². The minimum atomic E-state index is -0.529. The van der Waals surface area contributed by atoms with Crippen LogP contribution >= 0.6 is 0 Å². The predicted octanol–water partition coefficient (Wildman–Crippen LogP) is 0.0286. The highest BCUT2D eigenvalue weighted by Crippen LogP contribution is 2.17. The molecule has 100 valence electrons. The zero-order chi connectivity index (χ0) is 13.0. The lowest BCUT2D eigenvalue weighted by molar-refractivity contribution is -0.133. The van der Waals surface area contributed by atoms with Gasteiger partial charge in [0.25, 0.3) is 5.91 Å². The molecule has 6 nitrogen and oxygen atoms in total. The minimum absolute atomic E-state index is 0.231. The fraction of sp³-hybridized carbons (Fsp3) is 0.750. The normalized spacial score (nSPS) is 26.9. The number of carbonyl (C=O) groups is 2. The van der Waals surface area contributed by atoms with Crippen LogP contribution < -0.4 is 16.4 Å². The van der Waals surface area contributed by atoms with E-state index in [0.717, 1.165) is 12.8 Å².